The molecule has 4 aliphatic rings. The number of carbonyl (C=O) groups excluding carboxylic acids is 1. The molecule has 4 rings (SSSR count). The van der Waals surface area contributed by atoms with E-state index in [-0.39, 0.29) is 5.97 Å². The number of rotatable bonds is 6. The molecule has 0 amide bonds. The third kappa shape index (κ3) is 3.82. The van der Waals surface area contributed by atoms with Crippen LogP contribution in [0.4, 0.5) is 0 Å². The minimum atomic E-state index is -0.0545. The molecule has 31 heavy (non-hydrogen) atoms. The van der Waals surface area contributed by atoms with E-state index in [4.69, 9.17) is 4.74 Å². The van der Waals surface area contributed by atoms with Gasteiger partial charge in [-0.15, -0.1) is 0 Å². The topological polar surface area (TPSA) is 26.3 Å². The van der Waals surface area contributed by atoms with Gasteiger partial charge in [-0.05, 0) is 110 Å². The SMILES string of the molecule is C=CCOC(=O)CC[C@@H](C)C1CC[C@H]2[C@@H]3CC[C@]4(C)C[C@@H](C)CC[C@]4(C)[C@H]3CC[C@]12C. The average Bonchev–Trinajstić information content (AvgIpc) is 3.08. The smallest absolute Gasteiger partial charge is 0.306 e. The van der Waals surface area contributed by atoms with Gasteiger partial charge in [-0.2, -0.15) is 0 Å². The van der Waals surface area contributed by atoms with Crippen molar-refractivity contribution in [2.24, 2.45) is 51.8 Å². The lowest BCUT2D eigenvalue weighted by atomic mass is 9.39. The van der Waals surface area contributed by atoms with Gasteiger partial charge in [0.25, 0.3) is 0 Å². The second-order valence-electron chi connectivity index (χ2n) is 13.0. The molecule has 4 aliphatic carbocycles. The van der Waals surface area contributed by atoms with E-state index in [0.29, 0.717) is 35.2 Å². The summed E-state index contributed by atoms with van der Waals surface area (Å²) in [5.41, 5.74) is 1.61. The summed E-state index contributed by atoms with van der Waals surface area (Å²) in [6.45, 7) is 16.9. The Morgan fingerprint density at radius 2 is 1.84 bits per heavy atom. The van der Waals surface area contributed by atoms with E-state index in [1.807, 2.05) is 0 Å². The van der Waals surface area contributed by atoms with Gasteiger partial charge in [0.1, 0.15) is 6.61 Å². The Balaban J connectivity index is 1.45. The van der Waals surface area contributed by atoms with E-state index in [2.05, 4.69) is 41.2 Å². The van der Waals surface area contributed by atoms with Crippen LogP contribution < -0.4 is 0 Å². The highest BCUT2D eigenvalue weighted by Crippen LogP contribution is 2.71. The molecular weight excluding hydrogens is 380 g/mol. The van der Waals surface area contributed by atoms with Crippen LogP contribution in [-0.2, 0) is 9.53 Å². The van der Waals surface area contributed by atoms with Gasteiger partial charge in [-0.25, -0.2) is 0 Å². The van der Waals surface area contributed by atoms with Crippen LogP contribution in [-0.4, -0.2) is 12.6 Å². The maximum atomic E-state index is 12.0. The average molecular weight is 429 g/mol. The summed E-state index contributed by atoms with van der Waals surface area (Å²) in [6, 6.07) is 0. The van der Waals surface area contributed by atoms with Gasteiger partial charge in [0.15, 0.2) is 0 Å². The van der Waals surface area contributed by atoms with Crippen LogP contribution in [0.2, 0.25) is 0 Å². The van der Waals surface area contributed by atoms with E-state index < -0.39 is 0 Å². The fourth-order valence-electron chi connectivity index (χ4n) is 9.69. The lowest BCUT2D eigenvalue weighted by Crippen LogP contribution is -2.57. The van der Waals surface area contributed by atoms with Crippen LogP contribution in [0.15, 0.2) is 12.7 Å². The first-order valence-corrected chi connectivity index (χ1v) is 13.4. The van der Waals surface area contributed by atoms with Gasteiger partial charge >= 0.3 is 5.97 Å². The number of hydrogen-bond donors (Lipinski definition) is 0. The second kappa shape index (κ2) is 8.53. The molecule has 0 heterocycles. The lowest BCUT2D eigenvalue weighted by molar-refractivity contribution is -0.162. The molecule has 2 heteroatoms. The van der Waals surface area contributed by atoms with E-state index in [1.54, 1.807) is 6.08 Å². The molecule has 0 radical (unpaired) electrons. The van der Waals surface area contributed by atoms with Gasteiger partial charge in [0, 0.05) is 6.42 Å². The first kappa shape index (κ1) is 23.4. The molecule has 9 atom stereocenters. The summed E-state index contributed by atoms with van der Waals surface area (Å²) in [6.07, 6.45) is 16.1. The largest absolute Gasteiger partial charge is 0.461 e. The molecule has 0 aromatic carbocycles. The quantitative estimate of drug-likeness (QED) is 0.318. The number of carbonyl (C=O) groups is 1. The Labute approximate surface area is 192 Å². The molecule has 1 unspecified atom stereocenters. The summed E-state index contributed by atoms with van der Waals surface area (Å²) in [5, 5.41) is 0. The van der Waals surface area contributed by atoms with Crippen molar-refractivity contribution >= 4 is 5.97 Å². The van der Waals surface area contributed by atoms with Crippen LogP contribution in [0.5, 0.6) is 0 Å². The zero-order valence-electron chi connectivity index (χ0n) is 21.1. The first-order valence-electron chi connectivity index (χ1n) is 13.4. The van der Waals surface area contributed by atoms with Gasteiger partial charge in [-0.3, -0.25) is 4.79 Å². The Kier molecular flexibility index (Phi) is 6.43. The maximum absolute atomic E-state index is 12.0. The normalized spacial score (nSPS) is 47.6. The Morgan fingerprint density at radius 1 is 1.06 bits per heavy atom. The highest BCUT2D eigenvalue weighted by molar-refractivity contribution is 5.69. The highest BCUT2D eigenvalue weighted by atomic mass is 16.5. The first-order chi connectivity index (χ1) is 14.6. The zero-order valence-corrected chi connectivity index (χ0v) is 21.1. The molecule has 4 saturated carbocycles. The monoisotopic (exact) mass is 428 g/mol. The molecule has 0 bridgehead atoms. The Morgan fingerprint density at radius 3 is 2.58 bits per heavy atom. The number of esters is 1. The minimum absolute atomic E-state index is 0.0545. The van der Waals surface area contributed by atoms with Gasteiger partial charge in [-0.1, -0.05) is 53.7 Å². The number of hydrogen-bond acceptors (Lipinski definition) is 2. The van der Waals surface area contributed by atoms with Crippen molar-refractivity contribution in [1.29, 1.82) is 0 Å². The molecule has 2 nitrogen and oxygen atoms in total. The number of ether oxygens (including phenoxy) is 1. The van der Waals surface area contributed by atoms with Crippen molar-refractivity contribution in [3.63, 3.8) is 0 Å². The van der Waals surface area contributed by atoms with E-state index >= 15 is 0 Å². The Bertz CT molecular complexity index is 684. The van der Waals surface area contributed by atoms with Crippen molar-refractivity contribution in [1.82, 2.24) is 0 Å². The van der Waals surface area contributed by atoms with E-state index in [0.717, 1.165) is 36.0 Å². The lowest BCUT2D eigenvalue weighted by Gasteiger charge is -2.65. The highest BCUT2D eigenvalue weighted by Gasteiger charge is 2.63. The molecule has 0 aromatic rings. The van der Waals surface area contributed by atoms with Crippen LogP contribution in [0.1, 0.15) is 105 Å². The Hall–Kier alpha value is -0.790. The van der Waals surface area contributed by atoms with Crippen molar-refractivity contribution in [3.05, 3.63) is 12.7 Å². The molecule has 0 spiro atoms. The van der Waals surface area contributed by atoms with Gasteiger partial charge < -0.3 is 4.74 Å². The third-order valence-electron chi connectivity index (χ3n) is 11.5. The summed E-state index contributed by atoms with van der Waals surface area (Å²) in [4.78, 5) is 12.0. The van der Waals surface area contributed by atoms with Crippen LogP contribution in [0, 0.1) is 51.8 Å². The molecule has 0 aliphatic heterocycles. The van der Waals surface area contributed by atoms with Crippen LogP contribution in [0.3, 0.4) is 0 Å². The molecule has 0 N–H and O–H groups in total. The van der Waals surface area contributed by atoms with Crippen molar-refractivity contribution in [2.75, 3.05) is 6.61 Å². The molecular formula is C29H48O2. The molecule has 4 fully saturated rings. The fourth-order valence-corrected chi connectivity index (χ4v) is 9.69. The summed E-state index contributed by atoms with van der Waals surface area (Å²) in [7, 11) is 0. The summed E-state index contributed by atoms with van der Waals surface area (Å²) < 4.78 is 5.23. The minimum Gasteiger partial charge on any atom is -0.461 e. The van der Waals surface area contributed by atoms with E-state index in [9.17, 15) is 4.79 Å². The maximum Gasteiger partial charge on any atom is 0.306 e. The third-order valence-corrected chi connectivity index (χ3v) is 11.5. The van der Waals surface area contributed by atoms with E-state index in [1.165, 1.54) is 57.8 Å². The van der Waals surface area contributed by atoms with Gasteiger partial charge in [0.05, 0.1) is 0 Å². The zero-order chi connectivity index (χ0) is 22.4. The molecule has 176 valence electrons. The number of fused-ring (bicyclic) bond motifs is 5. The van der Waals surface area contributed by atoms with Crippen molar-refractivity contribution in [3.8, 4) is 0 Å². The predicted molar refractivity (Wildman–Crippen MR) is 129 cm³/mol. The standard InChI is InChI=1S/C29H48O2/c1-7-18-31-26(30)11-8-21(3)23-9-10-24-22-13-15-27(4)19-20(2)12-17-29(27,6)25(22)14-16-28(23,24)5/h7,20-25H,1,8-19H2,2-6H3/t20-,21+,22-,23?,24-,25-,27+,28+,29+/m0/s1. The van der Waals surface area contributed by atoms with Crippen molar-refractivity contribution < 1.29 is 9.53 Å². The summed E-state index contributed by atoms with van der Waals surface area (Å²) >= 11 is 0. The van der Waals surface area contributed by atoms with Crippen molar-refractivity contribution in [2.45, 2.75) is 105 Å². The second-order valence-corrected chi connectivity index (χ2v) is 13.0. The summed E-state index contributed by atoms with van der Waals surface area (Å²) in [5.74, 6) is 5.05. The molecule has 0 saturated heterocycles. The van der Waals surface area contributed by atoms with Crippen LogP contribution in [0.25, 0.3) is 0 Å². The van der Waals surface area contributed by atoms with Crippen LogP contribution >= 0.6 is 0 Å². The van der Waals surface area contributed by atoms with Gasteiger partial charge in [0.2, 0.25) is 0 Å². The fraction of sp³-hybridized carbons (Fsp3) is 0.897. The molecule has 0 aromatic heterocycles. The predicted octanol–water partition coefficient (Wildman–Crippen LogP) is 7.82.